The second-order valence-electron chi connectivity index (χ2n) is 7.09. The highest BCUT2D eigenvalue weighted by atomic mass is 16.5. The molecule has 154 valence electrons. The third kappa shape index (κ3) is 5.23. The van der Waals surface area contributed by atoms with Crippen LogP contribution < -0.4 is 16.0 Å². The highest BCUT2D eigenvalue weighted by Gasteiger charge is 2.07. The first-order chi connectivity index (χ1) is 14.0. The molecular formula is C21H27N5O3. The van der Waals surface area contributed by atoms with E-state index in [1.165, 1.54) is 17.7 Å². The Hall–Kier alpha value is -3.13. The van der Waals surface area contributed by atoms with E-state index in [1.807, 2.05) is 42.1 Å². The highest BCUT2D eigenvalue weighted by Crippen LogP contribution is 2.15. The van der Waals surface area contributed by atoms with Gasteiger partial charge in [0.1, 0.15) is 12.4 Å². The molecule has 0 bridgehead atoms. The average Bonchev–Trinajstić information content (AvgIpc) is 3.25. The zero-order chi connectivity index (χ0) is 20.8. The summed E-state index contributed by atoms with van der Waals surface area (Å²) in [7, 11) is 5.23. The van der Waals surface area contributed by atoms with Crippen LogP contribution >= 0.6 is 0 Å². The van der Waals surface area contributed by atoms with E-state index >= 15 is 0 Å². The molecule has 3 rings (SSSR count). The first kappa shape index (κ1) is 20.6. The summed E-state index contributed by atoms with van der Waals surface area (Å²) in [6, 6.07) is 9.43. The molecule has 29 heavy (non-hydrogen) atoms. The van der Waals surface area contributed by atoms with E-state index in [9.17, 15) is 9.59 Å². The normalized spacial score (nSPS) is 11.2. The van der Waals surface area contributed by atoms with Crippen molar-refractivity contribution in [3.63, 3.8) is 0 Å². The van der Waals surface area contributed by atoms with Crippen LogP contribution in [0.2, 0.25) is 0 Å². The van der Waals surface area contributed by atoms with Gasteiger partial charge in [0.05, 0.1) is 6.33 Å². The minimum Gasteiger partial charge on any atom is -0.492 e. The van der Waals surface area contributed by atoms with E-state index in [2.05, 4.69) is 9.88 Å². The molecule has 1 aromatic carbocycles. The molecule has 0 aliphatic carbocycles. The minimum absolute atomic E-state index is 0.260. The molecule has 0 atom stereocenters. The predicted octanol–water partition coefficient (Wildman–Crippen LogP) is 1.21. The van der Waals surface area contributed by atoms with Crippen molar-refractivity contribution in [3.8, 4) is 11.4 Å². The molecule has 8 heteroatoms. The highest BCUT2D eigenvalue weighted by molar-refractivity contribution is 5.37. The first-order valence-electron chi connectivity index (χ1n) is 9.61. The Morgan fingerprint density at radius 3 is 2.52 bits per heavy atom. The van der Waals surface area contributed by atoms with Gasteiger partial charge in [0.25, 0.3) is 5.56 Å². The first-order valence-corrected chi connectivity index (χ1v) is 9.61. The largest absolute Gasteiger partial charge is 0.492 e. The van der Waals surface area contributed by atoms with Crippen LogP contribution in [0.3, 0.4) is 0 Å². The van der Waals surface area contributed by atoms with Gasteiger partial charge in [-0.2, -0.15) is 0 Å². The Balaban J connectivity index is 1.41. The van der Waals surface area contributed by atoms with Gasteiger partial charge in [-0.05, 0) is 50.7 Å². The summed E-state index contributed by atoms with van der Waals surface area (Å²) >= 11 is 0. The number of hydrogen-bond acceptors (Lipinski definition) is 5. The van der Waals surface area contributed by atoms with Crippen LogP contribution in [0.25, 0.3) is 5.69 Å². The zero-order valence-corrected chi connectivity index (χ0v) is 17.1. The summed E-state index contributed by atoms with van der Waals surface area (Å²) < 4.78 is 10.4. The Bertz CT molecular complexity index is 1040. The predicted molar refractivity (Wildman–Crippen MR) is 112 cm³/mol. The van der Waals surface area contributed by atoms with Crippen LogP contribution in [0.5, 0.6) is 5.75 Å². The Kier molecular flexibility index (Phi) is 6.66. The van der Waals surface area contributed by atoms with Gasteiger partial charge in [0, 0.05) is 50.5 Å². The van der Waals surface area contributed by atoms with Gasteiger partial charge in [-0.3, -0.25) is 9.36 Å². The fourth-order valence-electron chi connectivity index (χ4n) is 3.11. The van der Waals surface area contributed by atoms with Gasteiger partial charge in [-0.1, -0.05) is 0 Å². The number of ether oxygens (including phenoxy) is 1. The molecule has 8 nitrogen and oxygen atoms in total. The van der Waals surface area contributed by atoms with Crippen LogP contribution in [0.15, 0.2) is 58.6 Å². The third-order valence-corrected chi connectivity index (χ3v) is 4.98. The van der Waals surface area contributed by atoms with Crippen LogP contribution in [-0.4, -0.2) is 50.3 Å². The maximum absolute atomic E-state index is 12.0. The molecule has 0 aliphatic heterocycles. The van der Waals surface area contributed by atoms with Crippen molar-refractivity contribution in [2.75, 3.05) is 26.7 Å². The number of aryl methyl sites for hydroxylation is 1. The van der Waals surface area contributed by atoms with Crippen molar-refractivity contribution in [3.05, 3.63) is 75.6 Å². The number of aromatic nitrogens is 4. The van der Waals surface area contributed by atoms with Crippen LogP contribution in [-0.2, 0) is 20.5 Å². The van der Waals surface area contributed by atoms with Crippen molar-refractivity contribution < 1.29 is 4.74 Å². The lowest BCUT2D eigenvalue weighted by Crippen LogP contribution is -2.38. The second-order valence-corrected chi connectivity index (χ2v) is 7.09. The van der Waals surface area contributed by atoms with E-state index in [0.717, 1.165) is 41.2 Å². The summed E-state index contributed by atoms with van der Waals surface area (Å²) in [6.45, 7) is 2.23. The number of hydrogen-bond donors (Lipinski definition) is 0. The lowest BCUT2D eigenvalue weighted by molar-refractivity contribution is 0.235. The Labute approximate surface area is 169 Å². The molecule has 0 amide bonds. The van der Waals surface area contributed by atoms with Crippen molar-refractivity contribution >= 4 is 0 Å². The molecule has 3 aromatic rings. The van der Waals surface area contributed by atoms with Gasteiger partial charge in [0.2, 0.25) is 0 Å². The summed E-state index contributed by atoms with van der Waals surface area (Å²) in [4.78, 5) is 30.0. The summed E-state index contributed by atoms with van der Waals surface area (Å²) in [5.74, 6) is 0.831. The monoisotopic (exact) mass is 397 g/mol. The topological polar surface area (TPSA) is 74.3 Å². The van der Waals surface area contributed by atoms with Crippen molar-refractivity contribution in [2.45, 2.75) is 12.8 Å². The molecule has 0 saturated carbocycles. The van der Waals surface area contributed by atoms with E-state index in [1.54, 1.807) is 19.6 Å². The summed E-state index contributed by atoms with van der Waals surface area (Å²) in [5, 5.41) is 0. The lowest BCUT2D eigenvalue weighted by Gasteiger charge is -2.17. The zero-order valence-electron chi connectivity index (χ0n) is 17.1. The smallest absolute Gasteiger partial charge is 0.330 e. The molecule has 0 N–H and O–H groups in total. The van der Waals surface area contributed by atoms with Crippen molar-refractivity contribution in [1.29, 1.82) is 0 Å². The Morgan fingerprint density at radius 2 is 1.83 bits per heavy atom. The Morgan fingerprint density at radius 1 is 1.07 bits per heavy atom. The molecule has 0 radical (unpaired) electrons. The number of imidazole rings is 1. The third-order valence-electron chi connectivity index (χ3n) is 4.98. The van der Waals surface area contributed by atoms with Crippen molar-refractivity contribution in [2.24, 2.45) is 14.1 Å². The maximum atomic E-state index is 12.0. The summed E-state index contributed by atoms with van der Waals surface area (Å²) in [5.41, 5.74) is 1.26. The van der Waals surface area contributed by atoms with Crippen LogP contribution in [0.4, 0.5) is 0 Å². The number of nitrogens with zero attached hydrogens (tertiary/aromatic N) is 5. The van der Waals surface area contributed by atoms with Crippen molar-refractivity contribution in [1.82, 2.24) is 23.6 Å². The SMILES string of the molecule is CN(CCCc1cc(=O)n(C)c(=O)n1C)CCOc1ccc(-n2ccnc2)cc1. The minimum atomic E-state index is -0.284. The maximum Gasteiger partial charge on any atom is 0.330 e. The van der Waals surface area contributed by atoms with Gasteiger partial charge in [0.15, 0.2) is 0 Å². The second kappa shape index (κ2) is 9.38. The van der Waals surface area contributed by atoms with E-state index < -0.39 is 0 Å². The number of rotatable bonds is 9. The van der Waals surface area contributed by atoms with E-state index in [-0.39, 0.29) is 11.2 Å². The van der Waals surface area contributed by atoms with Gasteiger partial charge >= 0.3 is 5.69 Å². The van der Waals surface area contributed by atoms with E-state index in [4.69, 9.17) is 4.74 Å². The fourth-order valence-corrected chi connectivity index (χ4v) is 3.11. The van der Waals surface area contributed by atoms with E-state index in [0.29, 0.717) is 13.0 Å². The van der Waals surface area contributed by atoms with Gasteiger partial charge < -0.3 is 18.8 Å². The van der Waals surface area contributed by atoms with Crippen LogP contribution in [0, 0.1) is 0 Å². The standard InChI is InChI=1S/C21H27N5O3/c1-23(11-4-5-18-15-20(27)25(3)21(28)24(18)2)13-14-29-19-8-6-17(7-9-19)26-12-10-22-16-26/h6-10,12,15-16H,4-5,11,13-14H2,1-3H3. The van der Waals surface area contributed by atoms with Gasteiger partial charge in [-0.25, -0.2) is 9.78 Å². The quantitative estimate of drug-likeness (QED) is 0.543. The fraction of sp³-hybridized carbons (Fsp3) is 0.381. The summed E-state index contributed by atoms with van der Waals surface area (Å²) in [6.07, 6.45) is 6.95. The molecular weight excluding hydrogens is 370 g/mol. The average molecular weight is 397 g/mol. The molecule has 0 unspecified atom stereocenters. The van der Waals surface area contributed by atoms with Crippen LogP contribution in [0.1, 0.15) is 12.1 Å². The molecule has 0 aliphatic rings. The number of benzene rings is 1. The molecule has 0 saturated heterocycles. The molecule has 2 aromatic heterocycles. The van der Waals surface area contributed by atoms with Gasteiger partial charge in [-0.15, -0.1) is 0 Å². The molecule has 2 heterocycles. The lowest BCUT2D eigenvalue weighted by atomic mass is 10.2. The number of likely N-dealkylation sites (N-methyl/N-ethyl adjacent to an activating group) is 1. The molecule has 0 fully saturated rings. The molecule has 0 spiro atoms.